The highest BCUT2D eigenvalue weighted by Gasteiger charge is 2.18. The minimum atomic E-state index is 0.726. The quantitative estimate of drug-likeness (QED) is 0.710. The molecule has 84 valence electrons. The monoisotopic (exact) mass is 217 g/mol. The molecule has 2 aromatic heterocycles. The zero-order chi connectivity index (χ0) is 11.0. The highest BCUT2D eigenvalue weighted by Crippen LogP contribution is 2.15. The third-order valence-corrected chi connectivity index (χ3v) is 3.00. The van der Waals surface area contributed by atoms with E-state index in [0.717, 1.165) is 48.2 Å². The second-order valence-electron chi connectivity index (χ2n) is 4.23. The number of hydrogen-bond donors (Lipinski definition) is 3. The van der Waals surface area contributed by atoms with Crippen LogP contribution < -0.4 is 10.6 Å². The average Bonchev–Trinajstić information content (AvgIpc) is 2.64. The minimum Gasteiger partial charge on any atom is -0.373 e. The molecule has 2 aromatic rings. The highest BCUT2D eigenvalue weighted by molar-refractivity contribution is 5.72. The molecule has 3 N–H and O–H groups in total. The van der Waals surface area contributed by atoms with Gasteiger partial charge >= 0.3 is 0 Å². The molecule has 16 heavy (non-hydrogen) atoms. The van der Waals surface area contributed by atoms with Gasteiger partial charge in [-0.05, 0) is 31.1 Å². The molecule has 5 nitrogen and oxygen atoms in total. The van der Waals surface area contributed by atoms with Gasteiger partial charge in [0.1, 0.15) is 11.6 Å². The van der Waals surface area contributed by atoms with Gasteiger partial charge in [-0.15, -0.1) is 0 Å². The van der Waals surface area contributed by atoms with E-state index in [1.165, 1.54) is 0 Å². The van der Waals surface area contributed by atoms with E-state index < -0.39 is 0 Å². The Morgan fingerprint density at radius 3 is 2.94 bits per heavy atom. The van der Waals surface area contributed by atoms with Crippen molar-refractivity contribution >= 4 is 17.0 Å². The molecule has 0 saturated carbocycles. The summed E-state index contributed by atoms with van der Waals surface area (Å²) in [5, 5.41) is 6.28. The molecule has 0 spiro atoms. The van der Waals surface area contributed by atoms with Crippen LogP contribution >= 0.6 is 0 Å². The Labute approximate surface area is 93.7 Å². The lowest BCUT2D eigenvalue weighted by molar-refractivity contribution is 0.342. The van der Waals surface area contributed by atoms with E-state index in [2.05, 4.69) is 25.6 Å². The molecule has 0 unspecified atom stereocenters. The number of aromatic amines is 1. The highest BCUT2D eigenvalue weighted by atomic mass is 15.0. The van der Waals surface area contributed by atoms with E-state index in [0.29, 0.717) is 0 Å². The van der Waals surface area contributed by atoms with Crippen LogP contribution in [0.3, 0.4) is 0 Å². The van der Waals surface area contributed by atoms with E-state index in [1.54, 1.807) is 0 Å². The number of H-pyrrole nitrogens is 1. The molecule has 1 aliphatic heterocycles. The van der Waals surface area contributed by atoms with E-state index in [9.17, 15) is 0 Å². The minimum absolute atomic E-state index is 0.726. The fourth-order valence-electron chi connectivity index (χ4n) is 1.94. The SMILES string of the molecule is CNc1ccc2[nH]c(CC3CNC3)nc2n1. The van der Waals surface area contributed by atoms with Crippen molar-refractivity contribution in [3.63, 3.8) is 0 Å². The normalized spacial score (nSPS) is 16.3. The molecule has 3 heterocycles. The van der Waals surface area contributed by atoms with Crippen molar-refractivity contribution in [3.05, 3.63) is 18.0 Å². The molecule has 0 atom stereocenters. The van der Waals surface area contributed by atoms with Crippen LogP contribution in [0.5, 0.6) is 0 Å². The van der Waals surface area contributed by atoms with Gasteiger partial charge in [0.15, 0.2) is 5.65 Å². The summed E-state index contributed by atoms with van der Waals surface area (Å²) in [6, 6.07) is 3.97. The second-order valence-corrected chi connectivity index (χ2v) is 4.23. The van der Waals surface area contributed by atoms with Crippen LogP contribution in [0.15, 0.2) is 12.1 Å². The Morgan fingerprint density at radius 2 is 2.25 bits per heavy atom. The van der Waals surface area contributed by atoms with Gasteiger partial charge in [-0.1, -0.05) is 0 Å². The molecule has 0 radical (unpaired) electrons. The second kappa shape index (κ2) is 3.75. The Kier molecular flexibility index (Phi) is 2.25. The number of aromatic nitrogens is 3. The average molecular weight is 217 g/mol. The lowest BCUT2D eigenvalue weighted by atomic mass is 9.99. The Bertz CT molecular complexity index is 500. The van der Waals surface area contributed by atoms with Gasteiger partial charge in [0, 0.05) is 13.5 Å². The molecule has 1 aliphatic rings. The number of hydrogen-bond acceptors (Lipinski definition) is 4. The lowest BCUT2D eigenvalue weighted by Crippen LogP contribution is -2.43. The number of imidazole rings is 1. The van der Waals surface area contributed by atoms with Gasteiger partial charge in [0.2, 0.25) is 0 Å². The van der Waals surface area contributed by atoms with Crippen LogP contribution in [-0.4, -0.2) is 35.1 Å². The molecule has 5 heteroatoms. The van der Waals surface area contributed by atoms with Gasteiger partial charge in [-0.25, -0.2) is 9.97 Å². The number of anilines is 1. The molecular formula is C11H15N5. The summed E-state index contributed by atoms with van der Waals surface area (Å²) in [4.78, 5) is 12.2. The number of rotatable bonds is 3. The maximum Gasteiger partial charge on any atom is 0.179 e. The Hall–Kier alpha value is -1.62. The third-order valence-electron chi connectivity index (χ3n) is 3.00. The van der Waals surface area contributed by atoms with Gasteiger partial charge in [0.25, 0.3) is 0 Å². The van der Waals surface area contributed by atoms with Crippen molar-refractivity contribution in [2.45, 2.75) is 6.42 Å². The van der Waals surface area contributed by atoms with Crippen molar-refractivity contribution in [3.8, 4) is 0 Å². The first-order valence-electron chi connectivity index (χ1n) is 5.59. The van der Waals surface area contributed by atoms with E-state index in [1.807, 2.05) is 19.2 Å². The Balaban J connectivity index is 1.89. The summed E-state index contributed by atoms with van der Waals surface area (Å²) in [5.41, 5.74) is 1.82. The van der Waals surface area contributed by atoms with Crippen molar-refractivity contribution in [1.29, 1.82) is 0 Å². The number of fused-ring (bicyclic) bond motifs is 1. The number of nitrogens with one attached hydrogen (secondary N) is 3. The fourth-order valence-corrected chi connectivity index (χ4v) is 1.94. The third kappa shape index (κ3) is 1.63. The standard InChI is InChI=1S/C11H15N5/c1-12-9-3-2-8-11(15-9)16-10(14-8)4-7-5-13-6-7/h2-3,7,13H,4-6H2,1H3,(H2,12,14,15,16). The van der Waals surface area contributed by atoms with Gasteiger partial charge < -0.3 is 15.6 Å². The summed E-state index contributed by atoms with van der Waals surface area (Å²) in [6.45, 7) is 2.21. The van der Waals surface area contributed by atoms with E-state index in [-0.39, 0.29) is 0 Å². The molecule has 0 amide bonds. The summed E-state index contributed by atoms with van der Waals surface area (Å²) in [6.07, 6.45) is 1.01. The molecule has 1 fully saturated rings. The van der Waals surface area contributed by atoms with Crippen molar-refractivity contribution in [2.24, 2.45) is 5.92 Å². The van der Waals surface area contributed by atoms with E-state index in [4.69, 9.17) is 0 Å². The predicted molar refractivity (Wildman–Crippen MR) is 63.5 cm³/mol. The summed E-state index contributed by atoms with van der Waals surface area (Å²) < 4.78 is 0. The first-order chi connectivity index (χ1) is 7.85. The van der Waals surface area contributed by atoms with Gasteiger partial charge in [0.05, 0.1) is 5.52 Å². The fraction of sp³-hybridized carbons (Fsp3) is 0.455. The summed E-state index contributed by atoms with van der Waals surface area (Å²) in [5.74, 6) is 2.63. The van der Waals surface area contributed by atoms with Gasteiger partial charge in [-0.3, -0.25) is 0 Å². The number of nitrogens with zero attached hydrogens (tertiary/aromatic N) is 2. The van der Waals surface area contributed by atoms with Crippen LogP contribution in [0.25, 0.3) is 11.2 Å². The summed E-state index contributed by atoms with van der Waals surface area (Å²) >= 11 is 0. The molecule has 1 saturated heterocycles. The number of pyridine rings is 1. The van der Waals surface area contributed by atoms with Crippen molar-refractivity contribution < 1.29 is 0 Å². The first-order valence-corrected chi connectivity index (χ1v) is 5.59. The molecule has 0 aliphatic carbocycles. The summed E-state index contributed by atoms with van der Waals surface area (Å²) in [7, 11) is 1.86. The molecule has 3 rings (SSSR count). The van der Waals surface area contributed by atoms with Gasteiger partial charge in [-0.2, -0.15) is 0 Å². The molecule has 0 aromatic carbocycles. The Morgan fingerprint density at radius 1 is 1.38 bits per heavy atom. The predicted octanol–water partition coefficient (Wildman–Crippen LogP) is 0.761. The molecule has 0 bridgehead atoms. The van der Waals surface area contributed by atoms with Crippen LogP contribution in [0, 0.1) is 5.92 Å². The van der Waals surface area contributed by atoms with Crippen LogP contribution in [0.2, 0.25) is 0 Å². The van der Waals surface area contributed by atoms with Crippen LogP contribution in [0.1, 0.15) is 5.82 Å². The first kappa shape index (κ1) is 9.59. The maximum absolute atomic E-state index is 4.51. The van der Waals surface area contributed by atoms with Crippen molar-refractivity contribution in [2.75, 3.05) is 25.5 Å². The topological polar surface area (TPSA) is 65.6 Å². The van der Waals surface area contributed by atoms with Crippen LogP contribution in [0.4, 0.5) is 5.82 Å². The molecular weight excluding hydrogens is 202 g/mol. The van der Waals surface area contributed by atoms with Crippen molar-refractivity contribution in [1.82, 2.24) is 20.3 Å². The largest absolute Gasteiger partial charge is 0.373 e. The zero-order valence-electron chi connectivity index (χ0n) is 9.25. The smallest absolute Gasteiger partial charge is 0.179 e. The lowest BCUT2D eigenvalue weighted by Gasteiger charge is -2.25. The zero-order valence-corrected chi connectivity index (χ0v) is 9.25. The maximum atomic E-state index is 4.51. The van der Waals surface area contributed by atoms with Crippen LogP contribution in [-0.2, 0) is 6.42 Å². The van der Waals surface area contributed by atoms with E-state index >= 15 is 0 Å².